The molecule has 3 nitrogen and oxygen atoms in total. The molecule has 0 aliphatic carbocycles. The van der Waals surface area contributed by atoms with Gasteiger partial charge in [-0.2, -0.15) is 0 Å². The van der Waals surface area contributed by atoms with Crippen LogP contribution in [0.15, 0.2) is 0 Å². The molecule has 0 aliphatic rings. The Morgan fingerprint density at radius 3 is 2.47 bits per heavy atom. The Balaban J connectivity index is 3.68. The number of alkyl halides is 2. The highest BCUT2D eigenvalue weighted by Crippen LogP contribution is 2.15. The lowest BCUT2D eigenvalue weighted by Gasteiger charge is -2.26. The van der Waals surface area contributed by atoms with E-state index in [1.807, 2.05) is 6.92 Å². The Morgan fingerprint density at radius 2 is 2.07 bits per heavy atom. The zero-order valence-corrected chi connectivity index (χ0v) is 9.55. The van der Waals surface area contributed by atoms with Gasteiger partial charge < -0.3 is 15.7 Å². The maximum absolute atomic E-state index is 12.0. The van der Waals surface area contributed by atoms with Crippen LogP contribution >= 0.6 is 0 Å². The number of rotatable bonds is 8. The van der Waals surface area contributed by atoms with Crippen molar-refractivity contribution in [3.8, 4) is 0 Å². The summed E-state index contributed by atoms with van der Waals surface area (Å²) >= 11 is 0. The van der Waals surface area contributed by atoms with Gasteiger partial charge in [-0.1, -0.05) is 6.92 Å². The Kier molecular flexibility index (Phi) is 6.96. The molecule has 0 aromatic carbocycles. The van der Waals surface area contributed by atoms with Gasteiger partial charge in [0.1, 0.15) is 0 Å². The number of nitrogens with two attached hydrogens (primary N) is 1. The van der Waals surface area contributed by atoms with Crippen LogP contribution in [0.2, 0.25) is 0 Å². The molecule has 92 valence electrons. The number of halogens is 2. The van der Waals surface area contributed by atoms with E-state index in [2.05, 4.69) is 0 Å². The van der Waals surface area contributed by atoms with Crippen LogP contribution in [0.3, 0.4) is 0 Å². The quantitative estimate of drug-likeness (QED) is 0.648. The van der Waals surface area contributed by atoms with Crippen molar-refractivity contribution in [3.63, 3.8) is 0 Å². The monoisotopic (exact) mass is 224 g/mol. The minimum atomic E-state index is -2.30. The van der Waals surface area contributed by atoms with Crippen LogP contribution in [0.4, 0.5) is 8.78 Å². The largest absolute Gasteiger partial charge is 0.389 e. The topological polar surface area (TPSA) is 49.5 Å². The normalized spacial score (nSPS) is 16.0. The van der Waals surface area contributed by atoms with Crippen LogP contribution in [-0.2, 0) is 0 Å². The Bertz CT molecular complexity index is 164. The summed E-state index contributed by atoms with van der Waals surface area (Å²) in [5, 5.41) is 9.83. The minimum Gasteiger partial charge on any atom is -0.389 e. The highest BCUT2D eigenvalue weighted by Gasteiger charge is 2.22. The molecule has 3 N–H and O–H groups in total. The number of nitrogens with zero attached hydrogens (tertiary/aromatic N) is 1. The molecule has 1 unspecified atom stereocenters. The molecule has 1 atom stereocenters. The van der Waals surface area contributed by atoms with E-state index in [1.165, 1.54) is 0 Å². The SMILES string of the molecule is CCC(O)(CN)CCCN(C)CC(F)F. The summed E-state index contributed by atoms with van der Waals surface area (Å²) in [6.45, 7) is 2.44. The minimum absolute atomic E-state index is 0.215. The summed E-state index contributed by atoms with van der Waals surface area (Å²) in [6, 6.07) is 0. The van der Waals surface area contributed by atoms with Gasteiger partial charge >= 0.3 is 0 Å². The van der Waals surface area contributed by atoms with E-state index < -0.39 is 12.0 Å². The number of hydrogen-bond acceptors (Lipinski definition) is 3. The average molecular weight is 224 g/mol. The van der Waals surface area contributed by atoms with Crippen LogP contribution in [0, 0.1) is 0 Å². The standard InChI is InChI=1S/C10H22F2N2O/c1-3-10(15,8-13)5-4-6-14(2)7-9(11)12/h9,15H,3-8,13H2,1-2H3. The molecule has 0 fully saturated rings. The molecule has 0 bridgehead atoms. The predicted octanol–water partition coefficient (Wildman–Crippen LogP) is 1.06. The smallest absolute Gasteiger partial charge is 0.251 e. The fourth-order valence-corrected chi connectivity index (χ4v) is 1.43. The third-order valence-corrected chi connectivity index (χ3v) is 2.67. The van der Waals surface area contributed by atoms with Crippen LogP contribution in [0.5, 0.6) is 0 Å². The van der Waals surface area contributed by atoms with E-state index in [0.29, 0.717) is 25.8 Å². The first-order chi connectivity index (χ1) is 6.93. The molecule has 0 heterocycles. The molecular formula is C10H22F2N2O. The highest BCUT2D eigenvalue weighted by molar-refractivity contribution is 4.77. The van der Waals surface area contributed by atoms with Gasteiger partial charge in [-0.05, 0) is 32.9 Å². The van der Waals surface area contributed by atoms with E-state index >= 15 is 0 Å². The van der Waals surface area contributed by atoms with Gasteiger partial charge in [-0.3, -0.25) is 0 Å². The summed E-state index contributed by atoms with van der Waals surface area (Å²) < 4.78 is 23.9. The Morgan fingerprint density at radius 1 is 1.47 bits per heavy atom. The van der Waals surface area contributed by atoms with Gasteiger partial charge in [-0.25, -0.2) is 8.78 Å². The maximum Gasteiger partial charge on any atom is 0.251 e. The number of hydrogen-bond donors (Lipinski definition) is 2. The second-order valence-electron chi connectivity index (χ2n) is 4.04. The van der Waals surface area contributed by atoms with Crippen molar-refractivity contribution in [1.82, 2.24) is 4.90 Å². The summed E-state index contributed by atoms with van der Waals surface area (Å²) in [5.74, 6) is 0. The van der Waals surface area contributed by atoms with Crippen LogP contribution in [0.1, 0.15) is 26.2 Å². The summed E-state index contributed by atoms with van der Waals surface area (Å²) in [6.07, 6.45) is -0.449. The molecule has 0 spiro atoms. The molecule has 0 aromatic rings. The molecule has 0 rings (SSSR count). The molecule has 0 aromatic heterocycles. The molecule has 0 amide bonds. The molecule has 15 heavy (non-hydrogen) atoms. The lowest BCUT2D eigenvalue weighted by Crippen LogP contribution is -2.38. The molecule has 0 radical (unpaired) electrons. The maximum atomic E-state index is 12.0. The second-order valence-corrected chi connectivity index (χ2v) is 4.04. The first-order valence-corrected chi connectivity index (χ1v) is 5.32. The average Bonchev–Trinajstić information content (AvgIpc) is 2.16. The Labute approximate surface area is 90.2 Å². The lowest BCUT2D eigenvalue weighted by molar-refractivity contribution is 0.0302. The van der Waals surface area contributed by atoms with E-state index in [-0.39, 0.29) is 13.1 Å². The fraction of sp³-hybridized carbons (Fsp3) is 1.00. The van der Waals surface area contributed by atoms with Crippen molar-refractivity contribution in [2.75, 3.05) is 26.7 Å². The second kappa shape index (κ2) is 7.09. The van der Waals surface area contributed by atoms with E-state index in [0.717, 1.165) is 0 Å². The first-order valence-electron chi connectivity index (χ1n) is 5.32. The Hall–Kier alpha value is -0.260. The summed E-state index contributed by atoms with van der Waals surface area (Å²) in [4.78, 5) is 1.57. The van der Waals surface area contributed by atoms with Crippen molar-refractivity contribution in [1.29, 1.82) is 0 Å². The molecule has 0 aliphatic heterocycles. The van der Waals surface area contributed by atoms with E-state index in [1.54, 1.807) is 11.9 Å². The highest BCUT2D eigenvalue weighted by atomic mass is 19.3. The van der Waals surface area contributed by atoms with Gasteiger partial charge in [0.05, 0.1) is 12.1 Å². The lowest BCUT2D eigenvalue weighted by atomic mass is 9.95. The van der Waals surface area contributed by atoms with Gasteiger partial charge in [0.2, 0.25) is 0 Å². The van der Waals surface area contributed by atoms with Crippen molar-refractivity contribution < 1.29 is 13.9 Å². The number of aliphatic hydroxyl groups is 1. The zero-order chi connectivity index (χ0) is 11.9. The van der Waals surface area contributed by atoms with E-state index in [9.17, 15) is 13.9 Å². The zero-order valence-electron chi connectivity index (χ0n) is 9.55. The fourth-order valence-electron chi connectivity index (χ4n) is 1.43. The molecule has 0 saturated heterocycles. The third-order valence-electron chi connectivity index (χ3n) is 2.67. The molecular weight excluding hydrogens is 202 g/mol. The van der Waals surface area contributed by atoms with Gasteiger partial charge in [0.25, 0.3) is 6.43 Å². The van der Waals surface area contributed by atoms with Crippen molar-refractivity contribution >= 4 is 0 Å². The third kappa shape index (κ3) is 6.76. The van der Waals surface area contributed by atoms with Gasteiger partial charge in [0.15, 0.2) is 0 Å². The van der Waals surface area contributed by atoms with E-state index in [4.69, 9.17) is 5.73 Å². The van der Waals surface area contributed by atoms with Crippen LogP contribution in [0.25, 0.3) is 0 Å². The van der Waals surface area contributed by atoms with Gasteiger partial charge in [0, 0.05) is 6.54 Å². The van der Waals surface area contributed by atoms with Crippen LogP contribution in [-0.4, -0.2) is 48.7 Å². The first kappa shape index (κ1) is 14.7. The predicted molar refractivity (Wildman–Crippen MR) is 57.0 cm³/mol. The van der Waals surface area contributed by atoms with Crippen molar-refractivity contribution in [3.05, 3.63) is 0 Å². The molecule has 5 heteroatoms. The van der Waals surface area contributed by atoms with Crippen LogP contribution < -0.4 is 5.73 Å². The van der Waals surface area contributed by atoms with Gasteiger partial charge in [-0.15, -0.1) is 0 Å². The summed E-state index contributed by atoms with van der Waals surface area (Å²) in [5.41, 5.74) is 4.60. The van der Waals surface area contributed by atoms with Crippen molar-refractivity contribution in [2.24, 2.45) is 5.73 Å². The summed E-state index contributed by atoms with van der Waals surface area (Å²) in [7, 11) is 1.65. The molecule has 0 saturated carbocycles. The van der Waals surface area contributed by atoms with Crippen molar-refractivity contribution in [2.45, 2.75) is 38.2 Å².